The standard InChI is InChI=1S/C18H24N2O3/c1-4-9-19(10-5-2)16(21)8-11-20-17(22)14-7-6-13(3)12-15(14)18(20)23/h6-7,12H,4-5,8-11H2,1-3H3. The lowest BCUT2D eigenvalue weighted by Crippen LogP contribution is -2.37. The Hall–Kier alpha value is -2.17. The molecule has 1 heterocycles. The summed E-state index contributed by atoms with van der Waals surface area (Å²) in [6.45, 7) is 7.53. The highest BCUT2D eigenvalue weighted by Gasteiger charge is 2.35. The molecule has 0 aliphatic carbocycles. The Labute approximate surface area is 137 Å². The minimum absolute atomic E-state index is 0.00133. The van der Waals surface area contributed by atoms with Crippen molar-refractivity contribution >= 4 is 17.7 Å². The molecule has 124 valence electrons. The maximum atomic E-state index is 12.4. The lowest BCUT2D eigenvalue weighted by atomic mass is 10.1. The summed E-state index contributed by atoms with van der Waals surface area (Å²) >= 11 is 0. The molecule has 1 aromatic rings. The summed E-state index contributed by atoms with van der Waals surface area (Å²) in [6.07, 6.45) is 1.99. The van der Waals surface area contributed by atoms with Gasteiger partial charge >= 0.3 is 0 Å². The van der Waals surface area contributed by atoms with E-state index in [1.54, 1.807) is 12.1 Å². The fourth-order valence-electron chi connectivity index (χ4n) is 2.87. The van der Waals surface area contributed by atoms with Crippen molar-refractivity contribution in [2.45, 2.75) is 40.0 Å². The second-order valence-electron chi connectivity index (χ2n) is 5.94. The molecule has 0 fully saturated rings. The van der Waals surface area contributed by atoms with Gasteiger partial charge in [0.05, 0.1) is 11.1 Å². The van der Waals surface area contributed by atoms with Gasteiger partial charge in [-0.3, -0.25) is 19.3 Å². The molecule has 0 saturated heterocycles. The van der Waals surface area contributed by atoms with Crippen LogP contribution in [0.4, 0.5) is 0 Å². The number of carbonyl (C=O) groups is 3. The van der Waals surface area contributed by atoms with E-state index in [0.717, 1.165) is 18.4 Å². The minimum atomic E-state index is -0.296. The predicted octanol–water partition coefficient (Wildman–Crippen LogP) is 2.63. The molecule has 3 amide bonds. The van der Waals surface area contributed by atoms with Gasteiger partial charge in [-0.2, -0.15) is 0 Å². The number of aryl methyl sites for hydroxylation is 1. The van der Waals surface area contributed by atoms with Crippen LogP contribution in [0, 0.1) is 6.92 Å². The average Bonchev–Trinajstić information content (AvgIpc) is 2.76. The van der Waals surface area contributed by atoms with Crippen LogP contribution in [0.25, 0.3) is 0 Å². The zero-order chi connectivity index (χ0) is 17.0. The topological polar surface area (TPSA) is 57.7 Å². The summed E-state index contributed by atoms with van der Waals surface area (Å²) in [6, 6.07) is 5.24. The van der Waals surface area contributed by atoms with Gasteiger partial charge in [-0.1, -0.05) is 25.5 Å². The molecule has 0 saturated carbocycles. The minimum Gasteiger partial charge on any atom is -0.343 e. The van der Waals surface area contributed by atoms with Crippen molar-refractivity contribution < 1.29 is 14.4 Å². The van der Waals surface area contributed by atoms with Crippen molar-refractivity contribution in [2.24, 2.45) is 0 Å². The third-order valence-corrected chi connectivity index (χ3v) is 4.02. The zero-order valence-electron chi connectivity index (χ0n) is 14.1. The number of rotatable bonds is 7. The monoisotopic (exact) mass is 316 g/mol. The molecule has 5 nitrogen and oxygen atoms in total. The normalized spacial score (nSPS) is 13.4. The molecule has 5 heteroatoms. The zero-order valence-corrected chi connectivity index (χ0v) is 14.1. The number of amides is 3. The Morgan fingerprint density at radius 1 is 1.04 bits per heavy atom. The van der Waals surface area contributed by atoms with Gasteiger partial charge in [0, 0.05) is 26.1 Å². The summed E-state index contributed by atoms with van der Waals surface area (Å²) in [5.41, 5.74) is 1.83. The number of carbonyl (C=O) groups excluding carboxylic acids is 3. The van der Waals surface area contributed by atoms with E-state index >= 15 is 0 Å². The van der Waals surface area contributed by atoms with Crippen molar-refractivity contribution in [3.8, 4) is 0 Å². The number of hydrogen-bond donors (Lipinski definition) is 0. The van der Waals surface area contributed by atoms with E-state index in [4.69, 9.17) is 0 Å². The van der Waals surface area contributed by atoms with Gasteiger partial charge in [0.25, 0.3) is 11.8 Å². The molecule has 0 bridgehead atoms. The van der Waals surface area contributed by atoms with Gasteiger partial charge in [-0.05, 0) is 31.9 Å². The molecule has 23 heavy (non-hydrogen) atoms. The second-order valence-corrected chi connectivity index (χ2v) is 5.94. The van der Waals surface area contributed by atoms with Crippen LogP contribution in [0.1, 0.15) is 59.4 Å². The number of imide groups is 1. The molecule has 0 unspecified atom stereocenters. The van der Waals surface area contributed by atoms with Crippen molar-refractivity contribution in [1.29, 1.82) is 0 Å². The summed E-state index contributed by atoms with van der Waals surface area (Å²) in [4.78, 5) is 40.0. The Balaban J connectivity index is 2.03. The third-order valence-electron chi connectivity index (χ3n) is 4.02. The van der Waals surface area contributed by atoms with E-state index in [9.17, 15) is 14.4 Å². The first-order valence-electron chi connectivity index (χ1n) is 8.24. The molecule has 1 aliphatic heterocycles. The molecular weight excluding hydrogens is 292 g/mol. The van der Waals surface area contributed by atoms with E-state index in [1.807, 2.05) is 31.7 Å². The van der Waals surface area contributed by atoms with E-state index in [2.05, 4.69) is 0 Å². The van der Waals surface area contributed by atoms with Gasteiger partial charge in [-0.15, -0.1) is 0 Å². The fourth-order valence-corrected chi connectivity index (χ4v) is 2.87. The Bertz CT molecular complexity index is 619. The van der Waals surface area contributed by atoms with Gasteiger partial charge in [-0.25, -0.2) is 0 Å². The van der Waals surface area contributed by atoms with Gasteiger partial charge in [0.15, 0.2) is 0 Å². The quantitative estimate of drug-likeness (QED) is 0.727. The molecule has 1 aliphatic rings. The van der Waals surface area contributed by atoms with Gasteiger partial charge in [0.2, 0.25) is 5.91 Å². The van der Waals surface area contributed by atoms with Crippen LogP contribution in [0.3, 0.4) is 0 Å². The smallest absolute Gasteiger partial charge is 0.261 e. The van der Waals surface area contributed by atoms with Crippen molar-refractivity contribution in [3.05, 3.63) is 34.9 Å². The maximum absolute atomic E-state index is 12.4. The molecule has 0 radical (unpaired) electrons. The molecule has 0 aromatic heterocycles. The van der Waals surface area contributed by atoms with E-state index in [1.165, 1.54) is 4.90 Å². The highest BCUT2D eigenvalue weighted by Crippen LogP contribution is 2.24. The first-order valence-corrected chi connectivity index (χ1v) is 8.24. The van der Waals surface area contributed by atoms with Crippen LogP contribution in [0.15, 0.2) is 18.2 Å². The van der Waals surface area contributed by atoms with Crippen LogP contribution in [0.2, 0.25) is 0 Å². The van der Waals surface area contributed by atoms with Crippen LogP contribution in [-0.4, -0.2) is 47.2 Å². The lowest BCUT2D eigenvalue weighted by molar-refractivity contribution is -0.131. The van der Waals surface area contributed by atoms with Crippen molar-refractivity contribution in [2.75, 3.05) is 19.6 Å². The molecular formula is C18H24N2O3. The Kier molecular flexibility index (Phi) is 5.53. The van der Waals surface area contributed by atoms with Crippen molar-refractivity contribution in [1.82, 2.24) is 9.80 Å². The third kappa shape index (κ3) is 3.60. The first kappa shape index (κ1) is 17.2. The number of fused-ring (bicyclic) bond motifs is 1. The summed E-state index contributed by atoms with van der Waals surface area (Å²) in [7, 11) is 0. The largest absolute Gasteiger partial charge is 0.343 e. The number of benzene rings is 1. The molecule has 0 atom stereocenters. The first-order chi connectivity index (χ1) is 11.0. The summed E-state index contributed by atoms with van der Waals surface area (Å²) < 4.78 is 0. The molecule has 1 aromatic carbocycles. The Morgan fingerprint density at radius 3 is 2.26 bits per heavy atom. The molecule has 2 rings (SSSR count). The van der Waals surface area contributed by atoms with Gasteiger partial charge < -0.3 is 4.90 Å². The van der Waals surface area contributed by atoms with Crippen LogP contribution in [0.5, 0.6) is 0 Å². The molecule has 0 spiro atoms. The van der Waals surface area contributed by atoms with E-state index < -0.39 is 0 Å². The maximum Gasteiger partial charge on any atom is 0.261 e. The second kappa shape index (κ2) is 7.40. The van der Waals surface area contributed by atoms with E-state index in [-0.39, 0.29) is 30.7 Å². The number of nitrogens with zero attached hydrogens (tertiary/aromatic N) is 2. The average molecular weight is 316 g/mol. The fraction of sp³-hybridized carbons (Fsp3) is 0.500. The van der Waals surface area contributed by atoms with E-state index in [0.29, 0.717) is 24.2 Å². The highest BCUT2D eigenvalue weighted by atomic mass is 16.2. The van der Waals surface area contributed by atoms with Crippen LogP contribution in [-0.2, 0) is 4.79 Å². The Morgan fingerprint density at radius 2 is 1.65 bits per heavy atom. The predicted molar refractivity (Wildman–Crippen MR) is 88.3 cm³/mol. The van der Waals surface area contributed by atoms with Crippen LogP contribution < -0.4 is 0 Å². The molecule has 0 N–H and O–H groups in total. The van der Waals surface area contributed by atoms with Gasteiger partial charge in [0.1, 0.15) is 0 Å². The van der Waals surface area contributed by atoms with Crippen molar-refractivity contribution in [3.63, 3.8) is 0 Å². The lowest BCUT2D eigenvalue weighted by Gasteiger charge is -2.22. The summed E-state index contributed by atoms with van der Waals surface area (Å²) in [5.74, 6) is -0.587. The highest BCUT2D eigenvalue weighted by molar-refractivity contribution is 6.21. The SMILES string of the molecule is CCCN(CCC)C(=O)CCN1C(=O)c2ccc(C)cc2C1=O. The van der Waals surface area contributed by atoms with Crippen LogP contribution >= 0.6 is 0 Å². The number of hydrogen-bond acceptors (Lipinski definition) is 3. The summed E-state index contributed by atoms with van der Waals surface area (Å²) in [5, 5.41) is 0.